The van der Waals surface area contributed by atoms with Crippen molar-refractivity contribution in [3.63, 3.8) is 0 Å². The molecule has 1 saturated carbocycles. The van der Waals surface area contributed by atoms with E-state index < -0.39 is 0 Å². The number of ether oxygens (including phenoxy) is 1. The van der Waals surface area contributed by atoms with E-state index in [0.717, 1.165) is 11.8 Å². The van der Waals surface area contributed by atoms with Crippen LogP contribution in [0.15, 0.2) is 12.2 Å². The van der Waals surface area contributed by atoms with Gasteiger partial charge in [0.2, 0.25) is 0 Å². The smallest absolute Gasteiger partial charge is 0.119 e. The Morgan fingerprint density at radius 3 is 2.78 bits per heavy atom. The molecule has 2 fully saturated rings. The maximum Gasteiger partial charge on any atom is 0.119 e. The van der Waals surface area contributed by atoms with Crippen LogP contribution in [0.2, 0.25) is 0 Å². The Labute approximate surface area is 54.7 Å². The lowest BCUT2D eigenvalue weighted by Gasteiger charge is -2.21. The number of hydrogen-bond donors (Lipinski definition) is 0. The lowest BCUT2D eigenvalue weighted by atomic mass is 9.84. The summed E-state index contributed by atoms with van der Waals surface area (Å²) in [6, 6.07) is 0. The van der Waals surface area contributed by atoms with E-state index in [-0.39, 0.29) is 0 Å². The fraction of sp³-hybridized carbons (Fsp3) is 0.750. The highest BCUT2D eigenvalue weighted by Gasteiger charge is 2.69. The molecule has 0 aromatic heterocycles. The van der Waals surface area contributed by atoms with Crippen LogP contribution in [0.3, 0.4) is 0 Å². The summed E-state index contributed by atoms with van der Waals surface area (Å²) in [7, 11) is 0. The van der Waals surface area contributed by atoms with Gasteiger partial charge in [-0.15, -0.1) is 0 Å². The lowest BCUT2D eigenvalue weighted by Crippen LogP contribution is -2.24. The number of rotatable bonds is 0. The SMILES string of the molecule is CC1CC2C=CC23OC13. The van der Waals surface area contributed by atoms with Crippen molar-refractivity contribution in [1.29, 1.82) is 0 Å². The summed E-state index contributed by atoms with van der Waals surface area (Å²) in [5.74, 6) is 1.60. The van der Waals surface area contributed by atoms with Crippen LogP contribution in [0.4, 0.5) is 0 Å². The van der Waals surface area contributed by atoms with Crippen LogP contribution < -0.4 is 0 Å². The Kier molecular flexibility index (Phi) is 0.495. The fourth-order valence-electron chi connectivity index (χ4n) is 2.39. The third kappa shape index (κ3) is 0.304. The molecular weight excluding hydrogens is 112 g/mol. The first kappa shape index (κ1) is 4.51. The second-order valence-electron chi connectivity index (χ2n) is 3.57. The standard InChI is InChI=1S/C8H10O/c1-5-4-6-2-3-8(6)7(5)9-8/h2-3,5-7H,4H2,1H3. The Balaban J connectivity index is 2.05. The largest absolute Gasteiger partial charge is 0.361 e. The third-order valence-corrected chi connectivity index (χ3v) is 3.03. The third-order valence-electron chi connectivity index (χ3n) is 3.03. The summed E-state index contributed by atoms with van der Waals surface area (Å²) in [6.07, 6.45) is 6.50. The predicted molar refractivity (Wildman–Crippen MR) is 34.0 cm³/mol. The molecule has 1 spiro atoms. The molecule has 4 atom stereocenters. The Morgan fingerprint density at radius 1 is 1.67 bits per heavy atom. The molecule has 1 heteroatoms. The van der Waals surface area contributed by atoms with Crippen LogP contribution in [0.5, 0.6) is 0 Å². The van der Waals surface area contributed by atoms with Gasteiger partial charge in [0.15, 0.2) is 0 Å². The molecule has 1 heterocycles. The molecule has 0 amide bonds. The topological polar surface area (TPSA) is 12.5 Å². The van der Waals surface area contributed by atoms with Gasteiger partial charge in [-0.05, 0) is 12.3 Å². The van der Waals surface area contributed by atoms with Gasteiger partial charge in [0.25, 0.3) is 0 Å². The van der Waals surface area contributed by atoms with E-state index in [1.165, 1.54) is 6.42 Å². The van der Waals surface area contributed by atoms with Crippen LogP contribution in [0, 0.1) is 11.8 Å². The summed E-state index contributed by atoms with van der Waals surface area (Å²) in [5.41, 5.74) is 0.291. The minimum atomic E-state index is 0.291. The molecule has 1 nitrogen and oxygen atoms in total. The van der Waals surface area contributed by atoms with Crippen molar-refractivity contribution in [2.45, 2.75) is 25.0 Å². The Morgan fingerprint density at radius 2 is 2.56 bits per heavy atom. The van der Waals surface area contributed by atoms with Gasteiger partial charge < -0.3 is 4.74 Å². The van der Waals surface area contributed by atoms with E-state index in [1.54, 1.807) is 0 Å². The van der Waals surface area contributed by atoms with E-state index >= 15 is 0 Å². The van der Waals surface area contributed by atoms with Gasteiger partial charge in [-0.2, -0.15) is 0 Å². The highest BCUT2D eigenvalue weighted by Crippen LogP contribution is 2.62. The zero-order valence-electron chi connectivity index (χ0n) is 5.50. The van der Waals surface area contributed by atoms with E-state index in [4.69, 9.17) is 4.74 Å². The lowest BCUT2D eigenvalue weighted by molar-refractivity contribution is 0.199. The molecule has 4 unspecified atom stereocenters. The summed E-state index contributed by atoms with van der Waals surface area (Å²) < 4.78 is 5.56. The van der Waals surface area contributed by atoms with Crippen molar-refractivity contribution in [3.8, 4) is 0 Å². The highest BCUT2D eigenvalue weighted by molar-refractivity contribution is 5.36. The summed E-state index contributed by atoms with van der Waals surface area (Å²) in [4.78, 5) is 0. The fourth-order valence-corrected chi connectivity index (χ4v) is 2.39. The molecule has 48 valence electrons. The first-order valence-corrected chi connectivity index (χ1v) is 3.70. The molecule has 1 aliphatic heterocycles. The van der Waals surface area contributed by atoms with Crippen molar-refractivity contribution in [2.24, 2.45) is 11.8 Å². The summed E-state index contributed by atoms with van der Waals surface area (Å²) in [5, 5.41) is 0. The van der Waals surface area contributed by atoms with Gasteiger partial charge in [-0.25, -0.2) is 0 Å². The van der Waals surface area contributed by atoms with Crippen LogP contribution >= 0.6 is 0 Å². The normalized spacial score (nSPS) is 66.6. The maximum atomic E-state index is 5.56. The first-order valence-electron chi connectivity index (χ1n) is 3.70. The van der Waals surface area contributed by atoms with Crippen molar-refractivity contribution in [3.05, 3.63) is 12.2 Å². The Bertz CT molecular complexity index is 197. The highest BCUT2D eigenvalue weighted by atomic mass is 16.6. The van der Waals surface area contributed by atoms with Crippen molar-refractivity contribution in [2.75, 3.05) is 0 Å². The van der Waals surface area contributed by atoms with E-state index in [1.807, 2.05) is 0 Å². The van der Waals surface area contributed by atoms with E-state index in [2.05, 4.69) is 19.1 Å². The molecule has 3 aliphatic rings. The molecule has 0 aromatic carbocycles. The average molecular weight is 122 g/mol. The van der Waals surface area contributed by atoms with Crippen molar-refractivity contribution < 1.29 is 4.74 Å². The molecule has 0 bridgehead atoms. The van der Waals surface area contributed by atoms with Gasteiger partial charge >= 0.3 is 0 Å². The maximum absolute atomic E-state index is 5.56. The monoisotopic (exact) mass is 122 g/mol. The summed E-state index contributed by atoms with van der Waals surface area (Å²) in [6.45, 7) is 2.29. The molecule has 0 radical (unpaired) electrons. The minimum absolute atomic E-state index is 0.291. The van der Waals surface area contributed by atoms with Crippen LogP contribution in [0.1, 0.15) is 13.3 Å². The number of epoxide rings is 1. The van der Waals surface area contributed by atoms with Gasteiger partial charge in [0, 0.05) is 5.92 Å². The number of hydrogen-bond acceptors (Lipinski definition) is 1. The van der Waals surface area contributed by atoms with Crippen LogP contribution in [-0.4, -0.2) is 11.7 Å². The van der Waals surface area contributed by atoms with Gasteiger partial charge in [-0.3, -0.25) is 0 Å². The quantitative estimate of drug-likeness (QED) is 0.349. The second-order valence-corrected chi connectivity index (χ2v) is 3.57. The zero-order valence-corrected chi connectivity index (χ0v) is 5.50. The molecule has 2 aliphatic carbocycles. The summed E-state index contributed by atoms with van der Waals surface area (Å²) >= 11 is 0. The van der Waals surface area contributed by atoms with Gasteiger partial charge in [0.05, 0.1) is 6.10 Å². The molecule has 0 N–H and O–H groups in total. The molecule has 9 heavy (non-hydrogen) atoms. The van der Waals surface area contributed by atoms with Gasteiger partial charge in [-0.1, -0.05) is 19.1 Å². The van der Waals surface area contributed by atoms with Crippen LogP contribution in [0.25, 0.3) is 0 Å². The predicted octanol–water partition coefficient (Wildman–Crippen LogP) is 1.35. The van der Waals surface area contributed by atoms with E-state index in [0.29, 0.717) is 11.7 Å². The Hall–Kier alpha value is -0.300. The molecular formula is C8H10O. The van der Waals surface area contributed by atoms with Crippen molar-refractivity contribution >= 4 is 0 Å². The average Bonchev–Trinajstić information content (AvgIpc) is 2.50. The molecule has 0 aromatic rings. The van der Waals surface area contributed by atoms with Crippen molar-refractivity contribution in [1.82, 2.24) is 0 Å². The van der Waals surface area contributed by atoms with Crippen LogP contribution in [-0.2, 0) is 4.74 Å². The zero-order chi connectivity index (χ0) is 6.06. The minimum Gasteiger partial charge on any atom is -0.361 e. The second kappa shape index (κ2) is 0.988. The molecule has 1 saturated heterocycles. The first-order chi connectivity index (χ1) is 4.33. The van der Waals surface area contributed by atoms with E-state index in [9.17, 15) is 0 Å². The van der Waals surface area contributed by atoms with Gasteiger partial charge in [0.1, 0.15) is 5.60 Å². The molecule has 3 rings (SSSR count).